The minimum atomic E-state index is -1.81. The molecular weight excluding hydrogens is 335 g/mol. The van der Waals surface area contributed by atoms with Gasteiger partial charge in [0.15, 0.2) is 0 Å². The molecule has 1 aromatic rings. The van der Waals surface area contributed by atoms with Crippen LogP contribution in [0.25, 0.3) is 0 Å². The zero-order valence-corrected chi connectivity index (χ0v) is 16.0. The number of benzene rings is 1. The molecule has 0 radical (unpaired) electrons. The normalized spacial score (nSPS) is 32.5. The molecule has 3 atom stereocenters. The predicted molar refractivity (Wildman–Crippen MR) is 93.5 cm³/mol. The van der Waals surface area contributed by atoms with Crippen LogP contribution in [0, 0.1) is 0 Å². The average molecular weight is 357 g/mol. The van der Waals surface area contributed by atoms with Crippen LogP contribution in [-0.4, -0.2) is 24.5 Å². The molecule has 0 spiro atoms. The minimum absolute atomic E-state index is 0.0537. The Balaban J connectivity index is 2.18. The highest BCUT2D eigenvalue weighted by Crippen LogP contribution is 2.86. The number of esters is 1. The van der Waals surface area contributed by atoms with Crippen molar-refractivity contribution in [2.24, 2.45) is 0 Å². The van der Waals surface area contributed by atoms with Gasteiger partial charge in [0.05, 0.1) is 8.07 Å². The van der Waals surface area contributed by atoms with Crippen molar-refractivity contribution in [2.75, 3.05) is 0 Å². The highest BCUT2D eigenvalue weighted by Gasteiger charge is 2.84. The number of hydrogen-bond donors (Lipinski definition) is 0. The van der Waals surface area contributed by atoms with Crippen molar-refractivity contribution in [3.8, 4) is 0 Å². The standard InChI is InChI=1S/C17H22Cl2O2Si/c1-11(20)21-14-10-9-12-7-5-6-8-13(12)15-16(14,17(15,18)19)22(2,3)4/h5-8,14-15H,9-10H2,1-4H3/t14-,15-,16-/m0/s1. The van der Waals surface area contributed by atoms with Crippen LogP contribution in [0.5, 0.6) is 0 Å². The lowest BCUT2D eigenvalue weighted by Gasteiger charge is -2.37. The van der Waals surface area contributed by atoms with Crippen LogP contribution >= 0.6 is 23.2 Å². The Morgan fingerprint density at radius 3 is 2.50 bits per heavy atom. The monoisotopic (exact) mass is 356 g/mol. The number of carbonyl (C=O) groups is 1. The van der Waals surface area contributed by atoms with Crippen LogP contribution in [0.4, 0.5) is 0 Å². The van der Waals surface area contributed by atoms with E-state index in [9.17, 15) is 4.79 Å². The van der Waals surface area contributed by atoms with Crippen LogP contribution in [0.3, 0.4) is 0 Å². The molecule has 1 saturated carbocycles. The first-order valence-electron chi connectivity index (χ1n) is 7.77. The maximum Gasteiger partial charge on any atom is 0.302 e. The highest BCUT2D eigenvalue weighted by atomic mass is 35.5. The summed E-state index contributed by atoms with van der Waals surface area (Å²) in [4.78, 5) is 11.6. The van der Waals surface area contributed by atoms with Crippen molar-refractivity contribution in [3.63, 3.8) is 0 Å². The molecule has 0 amide bonds. The second-order valence-electron chi connectivity index (χ2n) is 7.51. The van der Waals surface area contributed by atoms with Crippen molar-refractivity contribution in [1.29, 1.82) is 0 Å². The summed E-state index contributed by atoms with van der Waals surface area (Å²) in [6.07, 6.45) is 1.49. The summed E-state index contributed by atoms with van der Waals surface area (Å²) in [5.74, 6) is -0.193. The van der Waals surface area contributed by atoms with E-state index in [2.05, 4.69) is 31.8 Å². The van der Waals surface area contributed by atoms with Gasteiger partial charge in [0.1, 0.15) is 10.4 Å². The second kappa shape index (κ2) is 4.99. The Morgan fingerprint density at radius 1 is 1.27 bits per heavy atom. The molecule has 0 heterocycles. The SMILES string of the molecule is CC(=O)O[C@H]1CCc2ccccc2[C@@H]2C(Cl)(Cl)[C@]12[Si](C)(C)C. The van der Waals surface area contributed by atoms with E-state index in [1.165, 1.54) is 18.1 Å². The van der Waals surface area contributed by atoms with Crippen LogP contribution in [0.1, 0.15) is 30.4 Å². The Bertz CT molecular complexity index is 623. The first kappa shape index (κ1) is 16.3. The zero-order chi connectivity index (χ0) is 16.3. The Morgan fingerprint density at radius 2 is 1.91 bits per heavy atom. The molecule has 3 rings (SSSR count). The summed E-state index contributed by atoms with van der Waals surface area (Å²) in [7, 11) is -1.81. The van der Waals surface area contributed by atoms with Crippen molar-refractivity contribution >= 4 is 37.2 Å². The van der Waals surface area contributed by atoms with Crippen LogP contribution in [-0.2, 0) is 16.0 Å². The lowest BCUT2D eigenvalue weighted by atomic mass is 10.0. The van der Waals surface area contributed by atoms with E-state index < -0.39 is 12.4 Å². The minimum Gasteiger partial charge on any atom is -0.462 e. The van der Waals surface area contributed by atoms with E-state index >= 15 is 0 Å². The van der Waals surface area contributed by atoms with Crippen LogP contribution in [0.15, 0.2) is 24.3 Å². The van der Waals surface area contributed by atoms with Gasteiger partial charge in [0.2, 0.25) is 0 Å². The Hall–Kier alpha value is -0.513. The fourth-order valence-electron chi connectivity index (χ4n) is 4.59. The number of hydrogen-bond acceptors (Lipinski definition) is 2. The molecule has 1 fully saturated rings. The number of alkyl halides is 2. The van der Waals surface area contributed by atoms with Crippen LogP contribution < -0.4 is 0 Å². The maximum absolute atomic E-state index is 11.6. The molecule has 0 aliphatic heterocycles. The molecule has 2 aliphatic rings. The van der Waals surface area contributed by atoms with Gasteiger partial charge in [0.25, 0.3) is 0 Å². The quantitative estimate of drug-likeness (QED) is 0.427. The van der Waals surface area contributed by atoms with Crippen LogP contribution in [0.2, 0.25) is 24.7 Å². The third-order valence-electron chi connectivity index (χ3n) is 5.39. The molecule has 120 valence electrons. The van der Waals surface area contributed by atoms with Gasteiger partial charge >= 0.3 is 5.97 Å². The summed E-state index contributed by atoms with van der Waals surface area (Å²) in [6, 6.07) is 8.37. The van der Waals surface area contributed by atoms with Crippen molar-refractivity contribution in [3.05, 3.63) is 35.4 Å². The van der Waals surface area contributed by atoms with Gasteiger partial charge in [-0.25, -0.2) is 0 Å². The van der Waals surface area contributed by atoms with Crippen molar-refractivity contribution < 1.29 is 9.53 Å². The van der Waals surface area contributed by atoms with E-state index in [4.69, 9.17) is 27.9 Å². The third kappa shape index (κ3) is 2.02. The van der Waals surface area contributed by atoms with Gasteiger partial charge in [-0.15, -0.1) is 23.2 Å². The molecule has 0 N–H and O–H groups in total. The molecule has 0 saturated heterocycles. The molecular formula is C17H22Cl2O2Si. The number of aryl methyl sites for hydroxylation is 1. The Labute approximate surface area is 143 Å². The lowest BCUT2D eigenvalue weighted by Crippen LogP contribution is -2.43. The summed E-state index contributed by atoms with van der Waals surface area (Å²) in [5.41, 5.74) is 2.53. The molecule has 0 bridgehead atoms. The van der Waals surface area contributed by atoms with E-state index in [1.54, 1.807) is 0 Å². The number of rotatable bonds is 2. The van der Waals surface area contributed by atoms with E-state index in [1.807, 2.05) is 12.1 Å². The van der Waals surface area contributed by atoms with E-state index in [-0.39, 0.29) is 23.0 Å². The van der Waals surface area contributed by atoms with Crippen molar-refractivity contribution in [1.82, 2.24) is 0 Å². The third-order valence-corrected chi connectivity index (χ3v) is 10.3. The first-order chi connectivity index (χ1) is 10.1. The van der Waals surface area contributed by atoms with Gasteiger partial charge in [-0.05, 0) is 24.0 Å². The zero-order valence-electron chi connectivity index (χ0n) is 13.5. The van der Waals surface area contributed by atoms with Gasteiger partial charge in [-0.1, -0.05) is 43.9 Å². The summed E-state index contributed by atoms with van der Waals surface area (Å²) < 4.78 is 4.90. The van der Waals surface area contributed by atoms with E-state index in [0.29, 0.717) is 0 Å². The average Bonchev–Trinajstić information content (AvgIpc) is 2.96. The number of ether oxygens (including phenoxy) is 1. The molecule has 5 heteroatoms. The number of carbonyl (C=O) groups excluding carboxylic acids is 1. The molecule has 1 aromatic carbocycles. The molecule has 2 aliphatic carbocycles. The molecule has 22 heavy (non-hydrogen) atoms. The fourth-order valence-corrected chi connectivity index (χ4v) is 10.9. The molecule has 0 aromatic heterocycles. The summed E-state index contributed by atoms with van der Waals surface area (Å²) in [6.45, 7) is 8.29. The molecule has 0 unspecified atom stereocenters. The lowest BCUT2D eigenvalue weighted by molar-refractivity contribution is -0.147. The van der Waals surface area contributed by atoms with Gasteiger partial charge in [-0.2, -0.15) is 0 Å². The van der Waals surface area contributed by atoms with E-state index in [0.717, 1.165) is 12.8 Å². The fraction of sp³-hybridized carbons (Fsp3) is 0.588. The van der Waals surface area contributed by atoms with Gasteiger partial charge in [-0.3, -0.25) is 4.79 Å². The number of halogens is 2. The van der Waals surface area contributed by atoms with Gasteiger partial charge in [0, 0.05) is 17.9 Å². The van der Waals surface area contributed by atoms with Gasteiger partial charge < -0.3 is 4.74 Å². The van der Waals surface area contributed by atoms with Crippen molar-refractivity contribution in [2.45, 2.75) is 60.8 Å². The predicted octanol–water partition coefficient (Wildman–Crippen LogP) is 4.91. The topological polar surface area (TPSA) is 26.3 Å². The second-order valence-corrected chi connectivity index (χ2v) is 14.2. The summed E-state index contributed by atoms with van der Waals surface area (Å²) in [5, 5.41) is -0.318. The maximum atomic E-state index is 11.6. The number of fused-ring (bicyclic) bond motifs is 3. The first-order valence-corrected chi connectivity index (χ1v) is 12.0. The summed E-state index contributed by atoms with van der Waals surface area (Å²) >= 11 is 13.7. The largest absolute Gasteiger partial charge is 0.462 e. The smallest absolute Gasteiger partial charge is 0.302 e. The Kier molecular flexibility index (Phi) is 3.71. The highest BCUT2D eigenvalue weighted by molar-refractivity contribution is 6.84. The molecule has 2 nitrogen and oxygen atoms in total.